The number of nitrogens with zero attached hydrogens (tertiary/aromatic N) is 3. The van der Waals surface area contributed by atoms with E-state index in [4.69, 9.17) is 0 Å². The van der Waals surface area contributed by atoms with Gasteiger partial charge in [0.25, 0.3) is 0 Å². The molecule has 1 aliphatic rings. The quantitative estimate of drug-likeness (QED) is 0.577. The van der Waals surface area contributed by atoms with Gasteiger partial charge in [-0.3, -0.25) is 9.59 Å². The van der Waals surface area contributed by atoms with Crippen molar-refractivity contribution in [1.82, 2.24) is 10.2 Å². The van der Waals surface area contributed by atoms with E-state index in [2.05, 4.69) is 21.6 Å². The van der Waals surface area contributed by atoms with Crippen LogP contribution in [0.25, 0.3) is 0 Å². The van der Waals surface area contributed by atoms with E-state index in [0.29, 0.717) is 15.2 Å². The van der Waals surface area contributed by atoms with Crippen molar-refractivity contribution in [3.8, 4) is 0 Å². The topological polar surface area (TPSA) is 75.2 Å². The maximum absolute atomic E-state index is 12.5. The van der Waals surface area contributed by atoms with Crippen LogP contribution in [0.4, 0.5) is 10.8 Å². The van der Waals surface area contributed by atoms with E-state index in [-0.39, 0.29) is 17.7 Å². The summed E-state index contributed by atoms with van der Waals surface area (Å²) < 4.78 is 0.686. The number of amides is 2. The van der Waals surface area contributed by atoms with E-state index in [1.807, 2.05) is 36.9 Å². The number of thioether (sulfide) groups is 1. The number of anilines is 2. The molecule has 0 spiro atoms. The van der Waals surface area contributed by atoms with Crippen molar-refractivity contribution >= 4 is 45.7 Å². The summed E-state index contributed by atoms with van der Waals surface area (Å²) in [5, 5.41) is 11.4. The fourth-order valence-corrected chi connectivity index (χ4v) is 4.62. The van der Waals surface area contributed by atoms with Gasteiger partial charge in [-0.2, -0.15) is 0 Å². The molecule has 0 saturated carbocycles. The zero-order chi connectivity index (χ0) is 18.5. The van der Waals surface area contributed by atoms with Gasteiger partial charge in [-0.15, -0.1) is 10.2 Å². The van der Waals surface area contributed by atoms with Crippen LogP contribution in [0.15, 0.2) is 28.6 Å². The molecule has 138 valence electrons. The Bertz CT molecular complexity index is 789. The Hall–Kier alpha value is -1.93. The number of carbonyl (C=O) groups excluding carboxylic acids is 2. The smallest absolute Gasteiger partial charge is 0.237 e. The molecule has 1 aliphatic heterocycles. The summed E-state index contributed by atoms with van der Waals surface area (Å²) in [7, 11) is 0. The van der Waals surface area contributed by atoms with Crippen LogP contribution in [0.3, 0.4) is 0 Å². The number of hydrogen-bond acceptors (Lipinski definition) is 6. The molecular formula is C18H22N4O2S2. The minimum Gasteiger partial charge on any atom is -0.311 e. The zero-order valence-corrected chi connectivity index (χ0v) is 16.5. The summed E-state index contributed by atoms with van der Waals surface area (Å²) in [5.74, 6) is 0.348. The van der Waals surface area contributed by atoms with E-state index in [1.54, 1.807) is 0 Å². The summed E-state index contributed by atoms with van der Waals surface area (Å²) >= 11 is 2.67. The summed E-state index contributed by atoms with van der Waals surface area (Å²) in [4.78, 5) is 26.5. The van der Waals surface area contributed by atoms with Crippen LogP contribution in [-0.2, 0) is 16.0 Å². The molecule has 6 nitrogen and oxygen atoms in total. The largest absolute Gasteiger partial charge is 0.311 e. The van der Waals surface area contributed by atoms with Crippen molar-refractivity contribution in [1.29, 1.82) is 0 Å². The lowest BCUT2D eigenvalue weighted by molar-refractivity contribution is -0.120. The minimum atomic E-state index is -0.0209. The first kappa shape index (κ1) is 18.8. The molecule has 26 heavy (non-hydrogen) atoms. The van der Waals surface area contributed by atoms with Crippen molar-refractivity contribution in [2.45, 2.75) is 37.4 Å². The number of para-hydroxylation sites is 1. The number of carbonyl (C=O) groups is 2. The van der Waals surface area contributed by atoms with E-state index in [0.717, 1.165) is 31.5 Å². The van der Waals surface area contributed by atoms with Crippen molar-refractivity contribution in [3.63, 3.8) is 0 Å². The second-order valence-electron chi connectivity index (χ2n) is 6.09. The molecule has 1 N–H and O–H groups in total. The van der Waals surface area contributed by atoms with Crippen LogP contribution in [0.1, 0.15) is 32.3 Å². The predicted octanol–water partition coefficient (Wildman–Crippen LogP) is 3.59. The predicted molar refractivity (Wildman–Crippen MR) is 106 cm³/mol. The van der Waals surface area contributed by atoms with Gasteiger partial charge in [0.1, 0.15) is 0 Å². The van der Waals surface area contributed by atoms with Gasteiger partial charge in [0.2, 0.25) is 16.9 Å². The molecule has 3 rings (SSSR count). The van der Waals surface area contributed by atoms with Gasteiger partial charge in [0.05, 0.1) is 5.75 Å². The molecule has 2 heterocycles. The second-order valence-corrected chi connectivity index (χ2v) is 8.29. The highest BCUT2D eigenvalue weighted by Gasteiger charge is 2.24. The molecule has 1 aromatic carbocycles. The van der Waals surface area contributed by atoms with Crippen molar-refractivity contribution in [2.75, 3.05) is 22.5 Å². The van der Waals surface area contributed by atoms with Crippen LogP contribution >= 0.6 is 23.1 Å². The highest BCUT2D eigenvalue weighted by molar-refractivity contribution is 8.01. The summed E-state index contributed by atoms with van der Waals surface area (Å²) in [6.45, 7) is 4.72. The Morgan fingerprint density at radius 2 is 2.04 bits per heavy atom. The number of benzene rings is 1. The Labute approximate surface area is 161 Å². The number of hydrogen-bond donors (Lipinski definition) is 1. The van der Waals surface area contributed by atoms with Gasteiger partial charge in [0, 0.05) is 18.2 Å². The van der Waals surface area contributed by atoms with Crippen LogP contribution in [0.5, 0.6) is 0 Å². The van der Waals surface area contributed by atoms with Gasteiger partial charge < -0.3 is 10.2 Å². The first-order valence-electron chi connectivity index (χ1n) is 8.77. The Kier molecular flexibility index (Phi) is 6.26. The fraction of sp³-hybridized carbons (Fsp3) is 0.444. The number of aromatic nitrogens is 2. The molecule has 0 saturated heterocycles. The van der Waals surface area contributed by atoms with Crippen LogP contribution < -0.4 is 10.2 Å². The van der Waals surface area contributed by atoms with Gasteiger partial charge in [-0.05, 0) is 30.9 Å². The molecule has 0 bridgehead atoms. The van der Waals surface area contributed by atoms with E-state index in [9.17, 15) is 9.59 Å². The highest BCUT2D eigenvalue weighted by atomic mass is 32.2. The second kappa shape index (κ2) is 8.64. The number of rotatable bonds is 7. The molecule has 8 heteroatoms. The maximum atomic E-state index is 12.5. The van der Waals surface area contributed by atoms with E-state index >= 15 is 0 Å². The zero-order valence-electron chi connectivity index (χ0n) is 14.9. The van der Waals surface area contributed by atoms with Crippen molar-refractivity contribution in [2.24, 2.45) is 5.92 Å². The minimum absolute atomic E-state index is 0.00758. The van der Waals surface area contributed by atoms with Crippen molar-refractivity contribution in [3.05, 3.63) is 29.8 Å². The number of fused-ring (bicyclic) bond motifs is 1. The Balaban J connectivity index is 1.54. The molecule has 0 aliphatic carbocycles. The SMILES string of the molecule is CCC(CC)C(=O)Nc1nnc(SCC(=O)N2CCc3ccccc32)s1. The van der Waals surface area contributed by atoms with Crippen LogP contribution in [0.2, 0.25) is 0 Å². The maximum Gasteiger partial charge on any atom is 0.237 e. The molecular weight excluding hydrogens is 368 g/mol. The third kappa shape index (κ3) is 4.24. The summed E-state index contributed by atoms with van der Waals surface area (Å²) in [6.07, 6.45) is 2.50. The fourth-order valence-electron chi connectivity index (χ4n) is 2.98. The summed E-state index contributed by atoms with van der Waals surface area (Å²) in [5.41, 5.74) is 2.22. The van der Waals surface area contributed by atoms with Gasteiger partial charge in [0.15, 0.2) is 4.34 Å². The first-order valence-corrected chi connectivity index (χ1v) is 10.6. The molecule has 2 amide bonds. The molecule has 0 atom stereocenters. The lowest BCUT2D eigenvalue weighted by Crippen LogP contribution is -2.30. The monoisotopic (exact) mass is 390 g/mol. The first-order chi connectivity index (χ1) is 12.6. The van der Waals surface area contributed by atoms with E-state index < -0.39 is 0 Å². The van der Waals surface area contributed by atoms with Crippen molar-refractivity contribution < 1.29 is 9.59 Å². The van der Waals surface area contributed by atoms with E-state index in [1.165, 1.54) is 28.7 Å². The lowest BCUT2D eigenvalue weighted by atomic mass is 10.0. The average molecular weight is 391 g/mol. The standard InChI is InChI=1S/C18H22N4O2S2/c1-3-12(4-2)16(24)19-17-20-21-18(26-17)25-11-15(23)22-10-9-13-7-5-6-8-14(13)22/h5-8,12H,3-4,9-11H2,1-2H3,(H,19,20,24). The highest BCUT2D eigenvalue weighted by Crippen LogP contribution is 2.30. The molecule has 0 fully saturated rings. The Morgan fingerprint density at radius 3 is 2.81 bits per heavy atom. The average Bonchev–Trinajstić information content (AvgIpc) is 3.27. The molecule has 0 unspecified atom stereocenters. The molecule has 0 radical (unpaired) electrons. The molecule has 1 aromatic heterocycles. The normalized spacial score (nSPS) is 13.1. The van der Waals surface area contributed by atoms with Crippen LogP contribution in [0, 0.1) is 5.92 Å². The van der Waals surface area contributed by atoms with Gasteiger partial charge in [-0.1, -0.05) is 55.1 Å². The molecule has 2 aromatic rings. The van der Waals surface area contributed by atoms with Crippen LogP contribution in [-0.4, -0.2) is 34.3 Å². The lowest BCUT2D eigenvalue weighted by Gasteiger charge is -2.16. The number of nitrogens with one attached hydrogen (secondary N) is 1. The van der Waals surface area contributed by atoms with Gasteiger partial charge in [-0.25, -0.2) is 0 Å². The van der Waals surface area contributed by atoms with Gasteiger partial charge >= 0.3 is 0 Å². The third-order valence-corrected chi connectivity index (χ3v) is 6.46. The Morgan fingerprint density at radius 1 is 1.27 bits per heavy atom. The third-order valence-electron chi connectivity index (χ3n) is 4.50. The summed E-state index contributed by atoms with van der Waals surface area (Å²) in [6, 6.07) is 8.01.